The van der Waals surface area contributed by atoms with Crippen LogP contribution in [0.5, 0.6) is 0 Å². The fourth-order valence-electron chi connectivity index (χ4n) is 2.57. The molecule has 0 aliphatic carbocycles. The summed E-state index contributed by atoms with van der Waals surface area (Å²) < 4.78 is 61.8. The van der Waals surface area contributed by atoms with E-state index in [1.165, 1.54) is 43.3 Å². The van der Waals surface area contributed by atoms with Gasteiger partial charge in [0, 0.05) is 11.1 Å². The van der Waals surface area contributed by atoms with E-state index in [-0.39, 0.29) is 22.6 Å². The highest BCUT2D eigenvalue weighted by Gasteiger charge is 2.31. The third-order valence-corrected chi connectivity index (χ3v) is 4.06. The van der Waals surface area contributed by atoms with Crippen LogP contribution >= 0.6 is 0 Å². The fraction of sp³-hybridized carbons (Fsp3) is 0.143. The highest BCUT2D eigenvalue weighted by atomic mass is 19.4. The van der Waals surface area contributed by atoms with E-state index in [0.29, 0.717) is 0 Å². The van der Waals surface area contributed by atoms with Gasteiger partial charge in [-0.05, 0) is 55.5 Å². The van der Waals surface area contributed by atoms with Crippen LogP contribution in [0.1, 0.15) is 33.4 Å². The summed E-state index contributed by atoms with van der Waals surface area (Å²) in [6, 6.07) is 11.8. The number of Topliss-reactive ketones (excluding diaryl/α,β-unsaturated/α-hetero) is 1. The van der Waals surface area contributed by atoms with Gasteiger partial charge in [0.05, 0.1) is 5.56 Å². The first-order valence-corrected chi connectivity index (χ1v) is 8.43. The third-order valence-electron chi connectivity index (χ3n) is 4.06. The minimum atomic E-state index is -4.51. The zero-order valence-corrected chi connectivity index (χ0v) is 15.0. The molecule has 0 amide bonds. The van der Waals surface area contributed by atoms with Crippen LogP contribution in [-0.4, -0.2) is 17.9 Å². The molecule has 0 aliphatic heterocycles. The molecule has 0 aliphatic rings. The van der Waals surface area contributed by atoms with Crippen LogP contribution in [0, 0.1) is 5.82 Å². The Kier molecular flexibility index (Phi) is 5.54. The number of benzene rings is 2. The second-order valence-electron chi connectivity index (χ2n) is 6.16. The standard InChI is InChI=1S/C21H14F4O4/c1-12(19(26)13-5-7-16(22)8-6-13)28-20(27)18-10-9-17(29-18)14-3-2-4-15(11-14)21(23,24)25/h2-12H,1H3. The first kappa shape index (κ1) is 20.3. The molecule has 0 radical (unpaired) electrons. The fourth-order valence-corrected chi connectivity index (χ4v) is 2.57. The summed E-state index contributed by atoms with van der Waals surface area (Å²) in [5.41, 5.74) is -0.556. The molecule has 29 heavy (non-hydrogen) atoms. The van der Waals surface area contributed by atoms with Gasteiger partial charge in [-0.15, -0.1) is 0 Å². The molecule has 1 heterocycles. The minimum Gasteiger partial charge on any atom is -0.449 e. The lowest BCUT2D eigenvalue weighted by Gasteiger charge is -2.11. The number of esters is 1. The zero-order valence-electron chi connectivity index (χ0n) is 15.0. The number of ketones is 1. The highest BCUT2D eigenvalue weighted by molar-refractivity contribution is 6.01. The summed E-state index contributed by atoms with van der Waals surface area (Å²) in [6.07, 6.45) is -5.68. The molecule has 0 fully saturated rings. The van der Waals surface area contributed by atoms with Gasteiger partial charge in [-0.2, -0.15) is 13.2 Å². The minimum absolute atomic E-state index is 0.0422. The van der Waals surface area contributed by atoms with Crippen LogP contribution in [0.25, 0.3) is 11.3 Å². The Morgan fingerprint density at radius 2 is 1.69 bits per heavy atom. The van der Waals surface area contributed by atoms with E-state index in [2.05, 4.69) is 0 Å². The van der Waals surface area contributed by atoms with Gasteiger partial charge in [-0.1, -0.05) is 12.1 Å². The Labute approximate surface area is 162 Å². The number of alkyl halides is 3. The number of furan rings is 1. The van der Waals surface area contributed by atoms with E-state index in [1.54, 1.807) is 0 Å². The second-order valence-corrected chi connectivity index (χ2v) is 6.16. The van der Waals surface area contributed by atoms with E-state index < -0.39 is 35.4 Å². The maximum atomic E-state index is 12.9. The van der Waals surface area contributed by atoms with Crippen LogP contribution in [-0.2, 0) is 10.9 Å². The van der Waals surface area contributed by atoms with Crippen LogP contribution < -0.4 is 0 Å². The summed E-state index contributed by atoms with van der Waals surface area (Å²) in [5.74, 6) is -2.23. The first-order chi connectivity index (χ1) is 13.6. The molecule has 3 rings (SSSR count). The molecule has 0 saturated carbocycles. The van der Waals surface area contributed by atoms with Crippen molar-refractivity contribution in [2.45, 2.75) is 19.2 Å². The molecule has 0 N–H and O–H groups in total. The highest BCUT2D eigenvalue weighted by Crippen LogP contribution is 2.32. The molecule has 2 aromatic carbocycles. The van der Waals surface area contributed by atoms with Gasteiger partial charge in [0.1, 0.15) is 11.6 Å². The SMILES string of the molecule is CC(OC(=O)c1ccc(-c2cccc(C(F)(F)F)c2)o1)C(=O)c1ccc(F)cc1. The van der Waals surface area contributed by atoms with Crippen LogP contribution in [0.4, 0.5) is 17.6 Å². The van der Waals surface area contributed by atoms with Gasteiger partial charge in [-0.3, -0.25) is 4.79 Å². The monoisotopic (exact) mass is 406 g/mol. The Morgan fingerprint density at radius 1 is 1.00 bits per heavy atom. The van der Waals surface area contributed by atoms with E-state index in [9.17, 15) is 27.2 Å². The van der Waals surface area contributed by atoms with Crippen molar-refractivity contribution in [2.24, 2.45) is 0 Å². The van der Waals surface area contributed by atoms with Crippen LogP contribution in [0.15, 0.2) is 65.1 Å². The van der Waals surface area contributed by atoms with Crippen molar-refractivity contribution in [3.8, 4) is 11.3 Å². The Morgan fingerprint density at radius 3 is 2.34 bits per heavy atom. The van der Waals surface area contributed by atoms with E-state index in [1.807, 2.05) is 0 Å². The first-order valence-electron chi connectivity index (χ1n) is 8.43. The lowest BCUT2D eigenvalue weighted by Crippen LogP contribution is -2.24. The number of ether oxygens (including phenoxy) is 1. The summed E-state index contributed by atoms with van der Waals surface area (Å²) in [5, 5.41) is 0. The average molecular weight is 406 g/mol. The average Bonchev–Trinajstić information content (AvgIpc) is 3.18. The second kappa shape index (κ2) is 7.90. The Hall–Kier alpha value is -3.42. The molecule has 1 aromatic heterocycles. The molecule has 4 nitrogen and oxygen atoms in total. The topological polar surface area (TPSA) is 56.5 Å². The van der Waals surface area contributed by atoms with E-state index in [4.69, 9.17) is 9.15 Å². The van der Waals surface area contributed by atoms with Crippen molar-refractivity contribution in [2.75, 3.05) is 0 Å². The molecule has 1 atom stereocenters. The van der Waals surface area contributed by atoms with Gasteiger partial charge >= 0.3 is 12.1 Å². The lowest BCUT2D eigenvalue weighted by atomic mass is 10.1. The van der Waals surface area contributed by atoms with Crippen molar-refractivity contribution >= 4 is 11.8 Å². The number of hydrogen-bond acceptors (Lipinski definition) is 4. The summed E-state index contributed by atoms with van der Waals surface area (Å²) in [7, 11) is 0. The van der Waals surface area contributed by atoms with Crippen molar-refractivity contribution in [3.63, 3.8) is 0 Å². The quantitative estimate of drug-likeness (QED) is 0.318. The molecule has 8 heteroatoms. The maximum absolute atomic E-state index is 12.9. The molecule has 0 bridgehead atoms. The number of halogens is 4. The maximum Gasteiger partial charge on any atom is 0.416 e. The number of hydrogen-bond donors (Lipinski definition) is 0. The number of carbonyl (C=O) groups excluding carboxylic acids is 2. The van der Waals surface area contributed by atoms with Crippen molar-refractivity contribution in [1.29, 1.82) is 0 Å². The van der Waals surface area contributed by atoms with Crippen molar-refractivity contribution in [3.05, 3.63) is 83.4 Å². The summed E-state index contributed by atoms with van der Waals surface area (Å²) >= 11 is 0. The van der Waals surface area contributed by atoms with Gasteiger partial charge in [0.2, 0.25) is 11.5 Å². The number of rotatable bonds is 5. The molecule has 0 saturated heterocycles. The number of carbonyl (C=O) groups is 2. The van der Waals surface area contributed by atoms with Crippen LogP contribution in [0.3, 0.4) is 0 Å². The van der Waals surface area contributed by atoms with Crippen molar-refractivity contribution < 1.29 is 36.3 Å². The van der Waals surface area contributed by atoms with E-state index in [0.717, 1.165) is 24.3 Å². The molecule has 0 spiro atoms. The largest absolute Gasteiger partial charge is 0.449 e. The molecular formula is C21H14F4O4. The molecule has 1 unspecified atom stereocenters. The van der Waals surface area contributed by atoms with E-state index >= 15 is 0 Å². The Balaban J connectivity index is 1.72. The normalized spacial score (nSPS) is 12.4. The molecule has 150 valence electrons. The van der Waals surface area contributed by atoms with Gasteiger partial charge in [-0.25, -0.2) is 9.18 Å². The smallest absolute Gasteiger partial charge is 0.416 e. The Bertz CT molecular complexity index is 1040. The zero-order chi connectivity index (χ0) is 21.2. The summed E-state index contributed by atoms with van der Waals surface area (Å²) in [6.45, 7) is 1.35. The molecular weight excluding hydrogens is 392 g/mol. The van der Waals surface area contributed by atoms with Crippen molar-refractivity contribution in [1.82, 2.24) is 0 Å². The molecule has 3 aromatic rings. The lowest BCUT2D eigenvalue weighted by molar-refractivity contribution is -0.137. The predicted octanol–water partition coefficient (Wildman–Crippen LogP) is 5.53. The van der Waals surface area contributed by atoms with Crippen LogP contribution in [0.2, 0.25) is 0 Å². The van der Waals surface area contributed by atoms with Gasteiger partial charge < -0.3 is 9.15 Å². The summed E-state index contributed by atoms with van der Waals surface area (Å²) in [4.78, 5) is 24.5. The van der Waals surface area contributed by atoms with Gasteiger partial charge in [0.25, 0.3) is 0 Å². The predicted molar refractivity (Wildman–Crippen MR) is 94.8 cm³/mol. The van der Waals surface area contributed by atoms with Gasteiger partial charge in [0.15, 0.2) is 6.10 Å². The third kappa shape index (κ3) is 4.71.